The Bertz CT molecular complexity index is 881. The van der Waals surface area contributed by atoms with Gasteiger partial charge in [0, 0.05) is 46.0 Å². The number of piperazine rings is 1. The summed E-state index contributed by atoms with van der Waals surface area (Å²) in [5, 5.41) is 15.0. The highest BCUT2D eigenvalue weighted by Gasteiger charge is 2.25. The lowest BCUT2D eigenvalue weighted by molar-refractivity contribution is 0.0145. The zero-order chi connectivity index (χ0) is 22.3. The van der Waals surface area contributed by atoms with Crippen LogP contribution in [0, 0.1) is 0 Å². The van der Waals surface area contributed by atoms with Crippen LogP contribution in [0.3, 0.4) is 0 Å². The fraction of sp³-hybridized carbons (Fsp3) is 0.619. The van der Waals surface area contributed by atoms with Crippen molar-refractivity contribution in [3.63, 3.8) is 0 Å². The van der Waals surface area contributed by atoms with Crippen molar-refractivity contribution >= 4 is 17.7 Å². The Labute approximate surface area is 183 Å². The second-order valence-corrected chi connectivity index (χ2v) is 8.56. The van der Waals surface area contributed by atoms with Gasteiger partial charge >= 0.3 is 6.09 Å². The van der Waals surface area contributed by atoms with Gasteiger partial charge in [0.2, 0.25) is 0 Å². The molecule has 1 amide bonds. The zero-order valence-corrected chi connectivity index (χ0v) is 19.0. The minimum Gasteiger partial charge on any atom is -0.444 e. The van der Waals surface area contributed by atoms with Crippen molar-refractivity contribution in [1.82, 2.24) is 35.0 Å². The number of fused-ring (bicyclic) bond motifs is 1. The Kier molecular flexibility index (Phi) is 7.67. The normalized spacial score (nSPS) is 15.9. The summed E-state index contributed by atoms with van der Waals surface area (Å²) in [6.45, 7) is 11.2. The van der Waals surface area contributed by atoms with E-state index in [1.165, 1.54) is 0 Å². The van der Waals surface area contributed by atoms with Gasteiger partial charge in [-0.25, -0.2) is 4.79 Å². The van der Waals surface area contributed by atoms with Crippen molar-refractivity contribution in [2.75, 3.05) is 46.3 Å². The van der Waals surface area contributed by atoms with Crippen LogP contribution in [0.15, 0.2) is 29.4 Å². The molecule has 0 unspecified atom stereocenters. The van der Waals surface area contributed by atoms with E-state index in [9.17, 15) is 4.79 Å². The highest BCUT2D eigenvalue weighted by Crippen LogP contribution is 2.12. The lowest BCUT2D eigenvalue weighted by atomic mass is 10.2. The predicted molar refractivity (Wildman–Crippen MR) is 120 cm³/mol. The predicted octanol–water partition coefficient (Wildman–Crippen LogP) is 1.34. The maximum atomic E-state index is 12.2. The molecule has 1 aliphatic rings. The molecule has 2 aromatic rings. The minimum absolute atomic E-state index is 0.218. The molecule has 1 fully saturated rings. The molecule has 0 saturated carbocycles. The van der Waals surface area contributed by atoms with Crippen LogP contribution in [-0.2, 0) is 11.3 Å². The SMILES string of the molecule is CN=C(NCCCN1CCN(C(=O)OC(C)(C)C)CC1)NCc1nnc2ccccn12. The van der Waals surface area contributed by atoms with E-state index in [1.807, 2.05) is 49.6 Å². The molecule has 3 rings (SSSR count). The number of amides is 1. The first-order chi connectivity index (χ1) is 14.9. The van der Waals surface area contributed by atoms with E-state index in [4.69, 9.17) is 4.74 Å². The Morgan fingerprint density at radius 1 is 1.16 bits per heavy atom. The second kappa shape index (κ2) is 10.4. The van der Waals surface area contributed by atoms with E-state index in [2.05, 4.69) is 30.7 Å². The summed E-state index contributed by atoms with van der Waals surface area (Å²) in [7, 11) is 1.76. The van der Waals surface area contributed by atoms with E-state index in [0.29, 0.717) is 19.6 Å². The van der Waals surface area contributed by atoms with Gasteiger partial charge in [0.05, 0.1) is 6.54 Å². The first-order valence-corrected chi connectivity index (χ1v) is 10.8. The van der Waals surface area contributed by atoms with Gasteiger partial charge < -0.3 is 20.3 Å². The standard InChI is InChI=1S/C21H34N8O2/c1-21(2,3)31-20(30)28-14-12-27(13-15-28)10-7-9-23-19(22-4)24-16-18-26-25-17-8-5-6-11-29(17)18/h5-6,8,11H,7,9-10,12-16H2,1-4H3,(H2,22,23,24). The van der Waals surface area contributed by atoms with Crippen molar-refractivity contribution < 1.29 is 9.53 Å². The number of aliphatic imine (C=N–C) groups is 1. The van der Waals surface area contributed by atoms with Gasteiger partial charge in [-0.3, -0.25) is 14.3 Å². The summed E-state index contributed by atoms with van der Waals surface area (Å²) < 4.78 is 7.41. The molecular formula is C21H34N8O2. The second-order valence-electron chi connectivity index (χ2n) is 8.56. The fourth-order valence-corrected chi connectivity index (χ4v) is 3.38. The molecule has 31 heavy (non-hydrogen) atoms. The van der Waals surface area contributed by atoms with Crippen LogP contribution in [-0.4, -0.2) is 88.4 Å². The Balaban J connectivity index is 1.32. The van der Waals surface area contributed by atoms with Gasteiger partial charge in [0.25, 0.3) is 0 Å². The molecule has 10 nitrogen and oxygen atoms in total. The van der Waals surface area contributed by atoms with Gasteiger partial charge in [-0.05, 0) is 45.9 Å². The van der Waals surface area contributed by atoms with Gasteiger partial charge in [0.15, 0.2) is 17.4 Å². The van der Waals surface area contributed by atoms with Crippen LogP contribution >= 0.6 is 0 Å². The number of hydrogen-bond acceptors (Lipinski definition) is 6. The van der Waals surface area contributed by atoms with Gasteiger partial charge in [-0.1, -0.05) is 6.07 Å². The molecule has 1 saturated heterocycles. The van der Waals surface area contributed by atoms with Crippen molar-refractivity contribution in [2.45, 2.75) is 39.3 Å². The van der Waals surface area contributed by atoms with Crippen molar-refractivity contribution in [3.05, 3.63) is 30.2 Å². The van der Waals surface area contributed by atoms with E-state index in [0.717, 1.165) is 50.0 Å². The van der Waals surface area contributed by atoms with Crippen LogP contribution < -0.4 is 10.6 Å². The Hall–Kier alpha value is -2.88. The number of nitrogens with one attached hydrogen (secondary N) is 2. The average molecular weight is 431 g/mol. The number of nitrogens with zero attached hydrogens (tertiary/aromatic N) is 6. The molecule has 2 N–H and O–H groups in total. The average Bonchev–Trinajstić information content (AvgIpc) is 3.15. The highest BCUT2D eigenvalue weighted by atomic mass is 16.6. The third-order valence-electron chi connectivity index (χ3n) is 4.99. The van der Waals surface area contributed by atoms with Crippen molar-refractivity contribution in [3.8, 4) is 0 Å². The molecule has 0 bridgehead atoms. The van der Waals surface area contributed by atoms with E-state index in [-0.39, 0.29) is 6.09 Å². The largest absolute Gasteiger partial charge is 0.444 e. The minimum atomic E-state index is -0.451. The summed E-state index contributed by atoms with van der Waals surface area (Å²) in [5.74, 6) is 1.57. The van der Waals surface area contributed by atoms with E-state index in [1.54, 1.807) is 11.9 Å². The zero-order valence-electron chi connectivity index (χ0n) is 19.0. The molecule has 0 aromatic carbocycles. The van der Waals surface area contributed by atoms with Gasteiger partial charge in [-0.2, -0.15) is 0 Å². The third-order valence-corrected chi connectivity index (χ3v) is 4.99. The quantitative estimate of drug-likeness (QED) is 0.405. The van der Waals surface area contributed by atoms with Crippen molar-refractivity contribution in [1.29, 1.82) is 0 Å². The van der Waals surface area contributed by atoms with Crippen LogP contribution in [0.2, 0.25) is 0 Å². The highest BCUT2D eigenvalue weighted by molar-refractivity contribution is 5.79. The van der Waals surface area contributed by atoms with Gasteiger partial charge in [0.1, 0.15) is 5.60 Å². The lowest BCUT2D eigenvalue weighted by Gasteiger charge is -2.35. The maximum Gasteiger partial charge on any atom is 0.410 e. The van der Waals surface area contributed by atoms with Crippen LogP contribution in [0.25, 0.3) is 5.65 Å². The number of pyridine rings is 1. The topological polar surface area (TPSA) is 99.4 Å². The summed E-state index contributed by atoms with van der Waals surface area (Å²) in [6.07, 6.45) is 2.72. The number of guanidine groups is 1. The number of hydrogen-bond donors (Lipinski definition) is 2. The third kappa shape index (κ3) is 6.81. The van der Waals surface area contributed by atoms with E-state index >= 15 is 0 Å². The first-order valence-electron chi connectivity index (χ1n) is 10.8. The number of aromatic nitrogens is 3. The molecule has 170 valence electrons. The maximum absolute atomic E-state index is 12.2. The molecule has 0 aliphatic carbocycles. The molecule has 1 aliphatic heterocycles. The number of ether oxygens (including phenoxy) is 1. The van der Waals surface area contributed by atoms with Crippen molar-refractivity contribution in [2.24, 2.45) is 4.99 Å². The van der Waals surface area contributed by atoms with Crippen LogP contribution in [0.1, 0.15) is 33.0 Å². The Morgan fingerprint density at radius 3 is 2.65 bits per heavy atom. The molecule has 10 heteroatoms. The molecule has 2 aromatic heterocycles. The molecule has 3 heterocycles. The molecule has 0 atom stereocenters. The summed E-state index contributed by atoms with van der Waals surface area (Å²) in [6, 6.07) is 5.83. The van der Waals surface area contributed by atoms with Gasteiger partial charge in [-0.15, -0.1) is 10.2 Å². The monoisotopic (exact) mass is 430 g/mol. The summed E-state index contributed by atoms with van der Waals surface area (Å²) >= 11 is 0. The molecule has 0 spiro atoms. The Morgan fingerprint density at radius 2 is 1.94 bits per heavy atom. The smallest absolute Gasteiger partial charge is 0.410 e. The summed E-state index contributed by atoms with van der Waals surface area (Å²) in [5.41, 5.74) is 0.377. The first kappa shape index (κ1) is 22.8. The number of carbonyl (C=O) groups excluding carboxylic acids is 1. The molecule has 0 radical (unpaired) electrons. The van der Waals surface area contributed by atoms with Crippen LogP contribution in [0.5, 0.6) is 0 Å². The number of carbonyl (C=O) groups is 1. The number of rotatable bonds is 6. The lowest BCUT2D eigenvalue weighted by Crippen LogP contribution is -2.50. The van der Waals surface area contributed by atoms with E-state index < -0.39 is 5.60 Å². The molecular weight excluding hydrogens is 396 g/mol. The van der Waals surface area contributed by atoms with Crippen LogP contribution in [0.4, 0.5) is 4.79 Å². The summed E-state index contributed by atoms with van der Waals surface area (Å²) in [4.78, 5) is 20.6. The fourth-order valence-electron chi connectivity index (χ4n) is 3.38.